The highest BCUT2D eigenvalue weighted by Crippen LogP contribution is 2.47. The first-order valence-corrected chi connectivity index (χ1v) is 4.98. The smallest absolute Gasteiger partial charge is 0.0462 e. The Hall–Kier alpha value is -0.820. The lowest BCUT2D eigenvalue weighted by Gasteiger charge is -2.10. The molecule has 1 aromatic rings. The molecular weight excluding hydrogens is 160 g/mol. The van der Waals surface area contributed by atoms with Crippen LogP contribution in [0.25, 0.3) is 0 Å². The van der Waals surface area contributed by atoms with Crippen molar-refractivity contribution in [1.29, 1.82) is 0 Å². The van der Waals surface area contributed by atoms with E-state index in [0.717, 1.165) is 0 Å². The van der Waals surface area contributed by atoms with Crippen molar-refractivity contribution in [2.24, 2.45) is 11.8 Å². The molecule has 1 saturated carbocycles. The number of aliphatic hydroxyl groups excluding tert-OH is 1. The second-order valence-corrected chi connectivity index (χ2v) is 4.04. The van der Waals surface area contributed by atoms with E-state index < -0.39 is 0 Å². The molecule has 0 aliphatic heterocycles. The van der Waals surface area contributed by atoms with Crippen LogP contribution in [0, 0.1) is 11.8 Å². The predicted octanol–water partition coefficient (Wildman–Crippen LogP) is 2.42. The fourth-order valence-corrected chi connectivity index (χ4v) is 2.10. The first kappa shape index (κ1) is 8.76. The van der Waals surface area contributed by atoms with Gasteiger partial charge in [0, 0.05) is 6.61 Å². The van der Waals surface area contributed by atoms with Crippen LogP contribution in [0.4, 0.5) is 0 Å². The average molecular weight is 176 g/mol. The molecule has 1 aliphatic rings. The lowest BCUT2D eigenvalue weighted by atomic mass is 9.95. The molecule has 1 N–H and O–H groups in total. The molecule has 1 fully saturated rings. The molecule has 0 bridgehead atoms. The summed E-state index contributed by atoms with van der Waals surface area (Å²) in [5.41, 5.74) is 1.41. The van der Waals surface area contributed by atoms with Crippen LogP contribution in [0.15, 0.2) is 30.3 Å². The van der Waals surface area contributed by atoms with Crippen LogP contribution in [-0.4, -0.2) is 11.7 Å². The van der Waals surface area contributed by atoms with Crippen LogP contribution in [-0.2, 0) is 0 Å². The van der Waals surface area contributed by atoms with Gasteiger partial charge in [0.15, 0.2) is 0 Å². The van der Waals surface area contributed by atoms with Crippen LogP contribution < -0.4 is 0 Å². The molecule has 0 saturated heterocycles. The van der Waals surface area contributed by atoms with Crippen molar-refractivity contribution < 1.29 is 5.11 Å². The largest absolute Gasteiger partial charge is 0.396 e. The maximum absolute atomic E-state index is 8.97. The Morgan fingerprint density at radius 2 is 2.08 bits per heavy atom. The van der Waals surface area contributed by atoms with E-state index in [0.29, 0.717) is 24.4 Å². The fraction of sp³-hybridized carbons (Fsp3) is 0.500. The van der Waals surface area contributed by atoms with E-state index in [1.807, 2.05) is 6.07 Å². The fourth-order valence-electron chi connectivity index (χ4n) is 2.10. The van der Waals surface area contributed by atoms with Crippen molar-refractivity contribution in [3.8, 4) is 0 Å². The zero-order valence-electron chi connectivity index (χ0n) is 7.98. The highest BCUT2D eigenvalue weighted by atomic mass is 16.3. The Morgan fingerprint density at radius 3 is 2.62 bits per heavy atom. The molecular formula is C12H16O. The van der Waals surface area contributed by atoms with E-state index in [9.17, 15) is 0 Å². The van der Waals surface area contributed by atoms with E-state index in [4.69, 9.17) is 5.11 Å². The topological polar surface area (TPSA) is 20.2 Å². The van der Waals surface area contributed by atoms with Gasteiger partial charge in [0.2, 0.25) is 0 Å². The molecule has 0 heterocycles. The first-order valence-electron chi connectivity index (χ1n) is 4.98. The summed E-state index contributed by atoms with van der Waals surface area (Å²) >= 11 is 0. The van der Waals surface area contributed by atoms with Gasteiger partial charge in [-0.1, -0.05) is 37.3 Å². The SMILES string of the molecule is C[C@@H](c1ccccc1)[C@H]1C[C@@H]1CO. The summed E-state index contributed by atoms with van der Waals surface area (Å²) < 4.78 is 0. The van der Waals surface area contributed by atoms with Gasteiger partial charge in [-0.3, -0.25) is 0 Å². The van der Waals surface area contributed by atoms with E-state index in [2.05, 4.69) is 31.2 Å². The molecule has 0 spiro atoms. The van der Waals surface area contributed by atoms with Crippen molar-refractivity contribution in [2.75, 3.05) is 6.61 Å². The molecule has 1 heteroatoms. The zero-order valence-corrected chi connectivity index (χ0v) is 7.98. The molecule has 1 aliphatic carbocycles. The van der Waals surface area contributed by atoms with Gasteiger partial charge >= 0.3 is 0 Å². The van der Waals surface area contributed by atoms with E-state index in [-0.39, 0.29) is 0 Å². The minimum Gasteiger partial charge on any atom is -0.396 e. The summed E-state index contributed by atoms with van der Waals surface area (Å²) in [6, 6.07) is 10.6. The quantitative estimate of drug-likeness (QED) is 0.750. The van der Waals surface area contributed by atoms with Gasteiger partial charge in [-0.15, -0.1) is 0 Å². The average Bonchev–Trinajstić information content (AvgIpc) is 2.97. The van der Waals surface area contributed by atoms with Crippen LogP contribution in [0.2, 0.25) is 0 Å². The van der Waals surface area contributed by atoms with Gasteiger partial charge in [-0.05, 0) is 29.7 Å². The van der Waals surface area contributed by atoms with Gasteiger partial charge in [-0.2, -0.15) is 0 Å². The van der Waals surface area contributed by atoms with Crippen molar-refractivity contribution in [2.45, 2.75) is 19.3 Å². The van der Waals surface area contributed by atoms with Gasteiger partial charge < -0.3 is 5.11 Å². The third kappa shape index (κ3) is 1.75. The lowest BCUT2D eigenvalue weighted by molar-refractivity contribution is 0.265. The highest BCUT2D eigenvalue weighted by Gasteiger charge is 2.40. The molecule has 2 rings (SSSR count). The summed E-state index contributed by atoms with van der Waals surface area (Å²) in [6.45, 7) is 2.62. The number of benzene rings is 1. The number of hydrogen-bond acceptors (Lipinski definition) is 1. The molecule has 0 radical (unpaired) electrons. The van der Waals surface area contributed by atoms with Gasteiger partial charge in [-0.25, -0.2) is 0 Å². The van der Waals surface area contributed by atoms with E-state index in [1.165, 1.54) is 12.0 Å². The molecule has 3 atom stereocenters. The molecule has 1 aromatic carbocycles. The van der Waals surface area contributed by atoms with Crippen molar-refractivity contribution in [3.05, 3.63) is 35.9 Å². The number of hydrogen-bond donors (Lipinski definition) is 1. The summed E-state index contributed by atoms with van der Waals surface area (Å²) in [7, 11) is 0. The Morgan fingerprint density at radius 1 is 1.38 bits per heavy atom. The minimum atomic E-state index is 0.363. The van der Waals surface area contributed by atoms with Gasteiger partial charge in [0.1, 0.15) is 0 Å². The van der Waals surface area contributed by atoms with Crippen molar-refractivity contribution in [3.63, 3.8) is 0 Å². The van der Waals surface area contributed by atoms with E-state index >= 15 is 0 Å². The first-order chi connectivity index (χ1) is 6.33. The van der Waals surface area contributed by atoms with Crippen LogP contribution in [0.5, 0.6) is 0 Å². The summed E-state index contributed by atoms with van der Waals surface area (Å²) in [6.07, 6.45) is 1.20. The van der Waals surface area contributed by atoms with Crippen molar-refractivity contribution >= 4 is 0 Å². The Labute approximate surface area is 79.4 Å². The molecule has 0 unspecified atom stereocenters. The zero-order chi connectivity index (χ0) is 9.26. The summed E-state index contributed by atoms with van der Waals surface area (Å²) in [5, 5.41) is 8.97. The summed E-state index contributed by atoms with van der Waals surface area (Å²) in [4.78, 5) is 0. The van der Waals surface area contributed by atoms with Crippen LogP contribution in [0.3, 0.4) is 0 Å². The molecule has 0 amide bonds. The van der Waals surface area contributed by atoms with Gasteiger partial charge in [0.05, 0.1) is 0 Å². The normalized spacial score (nSPS) is 28.5. The molecule has 13 heavy (non-hydrogen) atoms. The Kier molecular flexibility index (Phi) is 2.36. The summed E-state index contributed by atoms with van der Waals surface area (Å²) in [5.74, 6) is 1.89. The lowest BCUT2D eigenvalue weighted by Crippen LogP contribution is -1.99. The van der Waals surface area contributed by atoms with Crippen LogP contribution >= 0.6 is 0 Å². The number of rotatable bonds is 3. The van der Waals surface area contributed by atoms with Gasteiger partial charge in [0.25, 0.3) is 0 Å². The third-order valence-corrected chi connectivity index (χ3v) is 3.18. The standard InChI is InChI=1S/C12H16O/c1-9(12-7-11(12)8-13)10-5-3-2-4-6-10/h2-6,9,11-13H,7-8H2,1H3/t9-,11+,12+/m0/s1. The maximum atomic E-state index is 8.97. The maximum Gasteiger partial charge on any atom is 0.0462 e. The van der Waals surface area contributed by atoms with Crippen LogP contribution in [0.1, 0.15) is 24.8 Å². The third-order valence-electron chi connectivity index (χ3n) is 3.18. The number of aliphatic hydroxyl groups is 1. The second kappa shape index (κ2) is 3.51. The monoisotopic (exact) mass is 176 g/mol. The highest BCUT2D eigenvalue weighted by molar-refractivity contribution is 5.21. The van der Waals surface area contributed by atoms with Crippen molar-refractivity contribution in [1.82, 2.24) is 0 Å². The molecule has 1 nitrogen and oxygen atoms in total. The Balaban J connectivity index is 2.03. The molecule has 0 aromatic heterocycles. The minimum absolute atomic E-state index is 0.363. The Bertz CT molecular complexity index is 268. The molecule has 70 valence electrons. The second-order valence-electron chi connectivity index (χ2n) is 4.04. The van der Waals surface area contributed by atoms with E-state index in [1.54, 1.807) is 0 Å². The predicted molar refractivity (Wildman–Crippen MR) is 53.5 cm³/mol.